The molecule has 0 amide bonds. The van der Waals surface area contributed by atoms with Crippen molar-refractivity contribution in [1.29, 1.82) is 5.26 Å². The SMILES string of the molecule is Cc1cccc(C#N)c1Nc1cc(Br)ccc1Br. The number of anilines is 2. The van der Waals surface area contributed by atoms with Crippen LogP contribution in [0.3, 0.4) is 0 Å². The van der Waals surface area contributed by atoms with E-state index in [1.54, 1.807) is 6.07 Å². The largest absolute Gasteiger partial charge is 0.353 e. The minimum Gasteiger partial charge on any atom is -0.353 e. The van der Waals surface area contributed by atoms with Gasteiger partial charge >= 0.3 is 0 Å². The topological polar surface area (TPSA) is 35.8 Å². The van der Waals surface area contributed by atoms with E-state index in [2.05, 4.69) is 43.2 Å². The van der Waals surface area contributed by atoms with Crippen molar-refractivity contribution in [1.82, 2.24) is 0 Å². The first-order valence-corrected chi connectivity index (χ1v) is 6.92. The molecular formula is C14H10Br2N2. The Morgan fingerprint density at radius 1 is 1.17 bits per heavy atom. The lowest BCUT2D eigenvalue weighted by molar-refractivity contribution is 1.38. The lowest BCUT2D eigenvalue weighted by Gasteiger charge is -2.13. The second kappa shape index (κ2) is 5.55. The first kappa shape index (κ1) is 13.1. The zero-order valence-electron chi connectivity index (χ0n) is 9.67. The van der Waals surface area contributed by atoms with Crippen molar-refractivity contribution in [3.8, 4) is 6.07 Å². The Morgan fingerprint density at radius 3 is 2.67 bits per heavy atom. The van der Waals surface area contributed by atoms with E-state index in [1.165, 1.54) is 0 Å². The molecule has 0 aromatic heterocycles. The molecule has 1 N–H and O–H groups in total. The molecule has 2 aromatic carbocycles. The second-order valence-corrected chi connectivity index (χ2v) is 5.63. The van der Waals surface area contributed by atoms with E-state index in [1.807, 2.05) is 37.3 Å². The third kappa shape index (κ3) is 2.74. The van der Waals surface area contributed by atoms with Crippen molar-refractivity contribution in [2.75, 3.05) is 5.32 Å². The van der Waals surface area contributed by atoms with Crippen LogP contribution in [0.2, 0.25) is 0 Å². The Hall–Kier alpha value is -1.31. The number of para-hydroxylation sites is 1. The number of nitriles is 1. The smallest absolute Gasteiger partial charge is 0.101 e. The Balaban J connectivity index is 2.46. The van der Waals surface area contributed by atoms with Gasteiger partial charge in [0.15, 0.2) is 0 Å². The molecule has 0 saturated carbocycles. The van der Waals surface area contributed by atoms with Crippen LogP contribution in [0.5, 0.6) is 0 Å². The maximum absolute atomic E-state index is 9.13. The summed E-state index contributed by atoms with van der Waals surface area (Å²) in [5, 5.41) is 12.4. The van der Waals surface area contributed by atoms with Crippen LogP contribution >= 0.6 is 31.9 Å². The molecule has 0 saturated heterocycles. The van der Waals surface area contributed by atoms with E-state index in [0.29, 0.717) is 5.56 Å². The fourth-order valence-electron chi connectivity index (χ4n) is 1.65. The van der Waals surface area contributed by atoms with Crippen LogP contribution < -0.4 is 5.32 Å². The predicted octanol–water partition coefficient (Wildman–Crippen LogP) is 5.14. The van der Waals surface area contributed by atoms with Crippen molar-refractivity contribution in [2.24, 2.45) is 0 Å². The molecule has 0 fully saturated rings. The summed E-state index contributed by atoms with van der Waals surface area (Å²) in [6.07, 6.45) is 0. The van der Waals surface area contributed by atoms with Crippen LogP contribution in [0.1, 0.15) is 11.1 Å². The molecule has 0 atom stereocenters. The fourth-order valence-corrected chi connectivity index (χ4v) is 2.36. The summed E-state index contributed by atoms with van der Waals surface area (Å²) >= 11 is 6.93. The van der Waals surface area contributed by atoms with Gasteiger partial charge in [0.05, 0.1) is 16.9 Å². The van der Waals surface area contributed by atoms with Crippen molar-refractivity contribution < 1.29 is 0 Å². The van der Waals surface area contributed by atoms with Gasteiger partial charge < -0.3 is 5.32 Å². The van der Waals surface area contributed by atoms with Gasteiger partial charge in [-0.15, -0.1) is 0 Å². The van der Waals surface area contributed by atoms with Crippen LogP contribution in [-0.2, 0) is 0 Å². The minimum absolute atomic E-state index is 0.641. The molecule has 0 aliphatic heterocycles. The molecule has 2 rings (SSSR count). The monoisotopic (exact) mass is 364 g/mol. The van der Waals surface area contributed by atoms with Gasteiger partial charge in [-0.05, 0) is 52.7 Å². The fraction of sp³-hybridized carbons (Fsp3) is 0.0714. The average molecular weight is 366 g/mol. The molecule has 2 aromatic rings. The van der Waals surface area contributed by atoms with Gasteiger partial charge in [-0.3, -0.25) is 0 Å². The summed E-state index contributed by atoms with van der Waals surface area (Å²) < 4.78 is 1.94. The van der Waals surface area contributed by atoms with E-state index in [-0.39, 0.29) is 0 Å². The number of benzene rings is 2. The number of halogens is 2. The predicted molar refractivity (Wildman–Crippen MR) is 81.0 cm³/mol. The molecule has 0 aliphatic carbocycles. The van der Waals surface area contributed by atoms with Crippen molar-refractivity contribution in [3.63, 3.8) is 0 Å². The highest BCUT2D eigenvalue weighted by Gasteiger charge is 2.07. The number of nitrogens with zero attached hydrogens (tertiary/aromatic N) is 1. The molecule has 0 spiro atoms. The van der Waals surface area contributed by atoms with E-state index < -0.39 is 0 Å². The highest BCUT2D eigenvalue weighted by Crippen LogP contribution is 2.31. The summed E-state index contributed by atoms with van der Waals surface area (Å²) in [5.41, 5.74) is 3.46. The molecule has 18 heavy (non-hydrogen) atoms. The third-order valence-electron chi connectivity index (χ3n) is 2.58. The summed E-state index contributed by atoms with van der Waals surface area (Å²) in [5.74, 6) is 0. The number of nitrogens with one attached hydrogen (secondary N) is 1. The molecule has 2 nitrogen and oxygen atoms in total. The van der Waals surface area contributed by atoms with E-state index in [0.717, 1.165) is 25.9 Å². The van der Waals surface area contributed by atoms with Gasteiger partial charge in [-0.1, -0.05) is 28.1 Å². The van der Waals surface area contributed by atoms with Crippen LogP contribution in [-0.4, -0.2) is 0 Å². The zero-order valence-corrected chi connectivity index (χ0v) is 12.8. The van der Waals surface area contributed by atoms with E-state index in [4.69, 9.17) is 5.26 Å². The van der Waals surface area contributed by atoms with Gasteiger partial charge in [-0.25, -0.2) is 0 Å². The number of aryl methyl sites for hydroxylation is 1. The molecule has 0 radical (unpaired) electrons. The van der Waals surface area contributed by atoms with Crippen LogP contribution in [0.25, 0.3) is 0 Å². The lowest BCUT2D eigenvalue weighted by atomic mass is 10.1. The van der Waals surface area contributed by atoms with Crippen molar-refractivity contribution in [3.05, 3.63) is 56.5 Å². The summed E-state index contributed by atoms with van der Waals surface area (Å²) in [4.78, 5) is 0. The molecule has 4 heteroatoms. The molecular weight excluding hydrogens is 356 g/mol. The van der Waals surface area contributed by atoms with Gasteiger partial charge in [0.2, 0.25) is 0 Å². The quantitative estimate of drug-likeness (QED) is 0.800. The second-order valence-electron chi connectivity index (χ2n) is 3.86. The number of rotatable bonds is 2. The molecule has 0 bridgehead atoms. The Kier molecular flexibility index (Phi) is 4.05. The van der Waals surface area contributed by atoms with Crippen LogP contribution in [0.4, 0.5) is 11.4 Å². The Morgan fingerprint density at radius 2 is 1.94 bits per heavy atom. The number of hydrogen-bond acceptors (Lipinski definition) is 2. The van der Waals surface area contributed by atoms with Gasteiger partial charge in [0, 0.05) is 8.95 Å². The zero-order chi connectivity index (χ0) is 13.1. The summed E-state index contributed by atoms with van der Waals surface area (Å²) in [6.45, 7) is 1.98. The maximum Gasteiger partial charge on any atom is 0.101 e. The minimum atomic E-state index is 0.641. The standard InChI is InChI=1S/C14H10Br2N2/c1-9-3-2-4-10(8-17)14(9)18-13-7-11(15)5-6-12(13)16/h2-7,18H,1H3. The molecule has 0 unspecified atom stereocenters. The summed E-state index contributed by atoms with van der Waals surface area (Å²) in [6, 6.07) is 13.8. The third-order valence-corrected chi connectivity index (χ3v) is 3.77. The Bertz CT molecular complexity index is 630. The Labute approximate surface area is 123 Å². The van der Waals surface area contributed by atoms with Crippen LogP contribution in [0.15, 0.2) is 45.3 Å². The van der Waals surface area contributed by atoms with Crippen molar-refractivity contribution in [2.45, 2.75) is 6.92 Å². The highest BCUT2D eigenvalue weighted by molar-refractivity contribution is 9.11. The maximum atomic E-state index is 9.13. The van der Waals surface area contributed by atoms with Crippen LogP contribution in [0, 0.1) is 18.3 Å². The highest BCUT2D eigenvalue weighted by atomic mass is 79.9. The number of hydrogen-bond donors (Lipinski definition) is 1. The van der Waals surface area contributed by atoms with E-state index in [9.17, 15) is 0 Å². The van der Waals surface area contributed by atoms with E-state index >= 15 is 0 Å². The first-order valence-electron chi connectivity index (χ1n) is 5.33. The molecule has 0 heterocycles. The molecule has 0 aliphatic rings. The lowest BCUT2D eigenvalue weighted by Crippen LogP contribution is -1.97. The summed E-state index contributed by atoms with van der Waals surface area (Å²) in [7, 11) is 0. The van der Waals surface area contributed by atoms with Gasteiger partial charge in [0.25, 0.3) is 0 Å². The van der Waals surface area contributed by atoms with Gasteiger partial charge in [-0.2, -0.15) is 5.26 Å². The first-order chi connectivity index (χ1) is 8.61. The normalized spacial score (nSPS) is 9.89. The average Bonchev–Trinajstić information content (AvgIpc) is 2.36. The van der Waals surface area contributed by atoms with Crippen molar-refractivity contribution >= 4 is 43.2 Å². The molecule has 90 valence electrons. The van der Waals surface area contributed by atoms with Gasteiger partial charge in [0.1, 0.15) is 6.07 Å².